The van der Waals surface area contributed by atoms with E-state index in [0.29, 0.717) is 24.2 Å². The van der Waals surface area contributed by atoms with Gasteiger partial charge < -0.3 is 19.9 Å². The van der Waals surface area contributed by atoms with Crippen LogP contribution in [0.25, 0.3) is 22.2 Å². The van der Waals surface area contributed by atoms with Crippen LogP contribution in [0.3, 0.4) is 0 Å². The van der Waals surface area contributed by atoms with Crippen molar-refractivity contribution in [2.45, 2.75) is 12.8 Å². The molecule has 0 amide bonds. The standard InChI is InChI=1S/C26H28ClN7O/c1-32-23-16-18(4-9-21(23)25(31-32)33-10-2-3-11-33)22-17-24(28-20-7-5-19(27)6-8-20)30-26(29-22)34-12-14-35-15-13-34/h4-9,16-17H,2-3,10-15H2,1H3,(H,28,29,30). The highest BCUT2D eigenvalue weighted by atomic mass is 35.5. The molecule has 1 N–H and O–H groups in total. The molecule has 2 aliphatic heterocycles. The summed E-state index contributed by atoms with van der Waals surface area (Å²) in [4.78, 5) is 14.4. The maximum atomic E-state index is 6.07. The maximum Gasteiger partial charge on any atom is 0.228 e. The first kappa shape index (κ1) is 22.1. The van der Waals surface area contributed by atoms with E-state index in [9.17, 15) is 0 Å². The van der Waals surface area contributed by atoms with Crippen molar-refractivity contribution >= 4 is 45.8 Å². The van der Waals surface area contributed by atoms with E-state index >= 15 is 0 Å². The van der Waals surface area contributed by atoms with Crippen molar-refractivity contribution in [3.8, 4) is 11.3 Å². The third-order valence-electron chi connectivity index (χ3n) is 6.66. The summed E-state index contributed by atoms with van der Waals surface area (Å²) in [7, 11) is 2.01. The molecular formula is C26H28ClN7O. The van der Waals surface area contributed by atoms with Gasteiger partial charge in [-0.25, -0.2) is 4.98 Å². The summed E-state index contributed by atoms with van der Waals surface area (Å²) in [6.07, 6.45) is 2.45. The Morgan fingerprint density at radius 3 is 2.43 bits per heavy atom. The SMILES string of the molecule is Cn1nc(N2CCCC2)c2ccc(-c3cc(Nc4ccc(Cl)cc4)nc(N4CCOCC4)n3)cc21. The van der Waals surface area contributed by atoms with Crippen LogP contribution in [0.2, 0.25) is 5.02 Å². The van der Waals surface area contributed by atoms with Crippen LogP contribution in [0.5, 0.6) is 0 Å². The molecule has 0 radical (unpaired) electrons. The smallest absolute Gasteiger partial charge is 0.228 e. The monoisotopic (exact) mass is 489 g/mol. The van der Waals surface area contributed by atoms with E-state index in [0.717, 1.165) is 60.3 Å². The number of benzene rings is 2. The minimum Gasteiger partial charge on any atom is -0.378 e. The quantitative estimate of drug-likeness (QED) is 0.429. The average Bonchev–Trinajstić information content (AvgIpc) is 3.54. The fourth-order valence-corrected chi connectivity index (χ4v) is 4.92. The van der Waals surface area contributed by atoms with E-state index in [2.05, 4.69) is 33.3 Å². The lowest BCUT2D eigenvalue weighted by molar-refractivity contribution is 0.122. The largest absolute Gasteiger partial charge is 0.378 e. The highest BCUT2D eigenvalue weighted by molar-refractivity contribution is 6.30. The second-order valence-electron chi connectivity index (χ2n) is 9.04. The Bertz CT molecular complexity index is 1340. The van der Waals surface area contributed by atoms with Crippen LogP contribution in [0.4, 0.5) is 23.3 Å². The van der Waals surface area contributed by atoms with Gasteiger partial charge in [-0.3, -0.25) is 4.68 Å². The number of hydrogen-bond acceptors (Lipinski definition) is 7. The topological polar surface area (TPSA) is 71.3 Å². The third kappa shape index (κ3) is 4.51. The van der Waals surface area contributed by atoms with E-state index in [4.69, 9.17) is 31.4 Å². The number of anilines is 4. The van der Waals surface area contributed by atoms with E-state index in [1.54, 1.807) is 0 Å². The number of fused-ring (bicyclic) bond motifs is 1. The van der Waals surface area contributed by atoms with Crippen molar-refractivity contribution < 1.29 is 4.74 Å². The summed E-state index contributed by atoms with van der Waals surface area (Å²) in [5.41, 5.74) is 3.92. The Hall–Kier alpha value is -3.36. The molecule has 6 rings (SSSR count). The lowest BCUT2D eigenvalue weighted by Crippen LogP contribution is -2.37. The summed E-state index contributed by atoms with van der Waals surface area (Å²) in [6, 6.07) is 16.1. The van der Waals surface area contributed by atoms with E-state index in [1.807, 2.05) is 42.1 Å². The Balaban J connectivity index is 1.40. The Morgan fingerprint density at radius 2 is 1.66 bits per heavy atom. The fourth-order valence-electron chi connectivity index (χ4n) is 4.79. The summed E-state index contributed by atoms with van der Waals surface area (Å²) in [5, 5.41) is 10.1. The number of morpholine rings is 1. The first-order chi connectivity index (χ1) is 17.1. The van der Waals surface area contributed by atoms with Crippen molar-refractivity contribution in [3.63, 3.8) is 0 Å². The molecule has 2 aliphatic rings. The number of aromatic nitrogens is 4. The molecule has 9 heteroatoms. The second-order valence-corrected chi connectivity index (χ2v) is 9.48. The molecule has 0 saturated carbocycles. The molecule has 180 valence electrons. The Labute approximate surface area is 209 Å². The number of rotatable bonds is 5. The van der Waals surface area contributed by atoms with E-state index in [-0.39, 0.29) is 0 Å². The number of hydrogen-bond donors (Lipinski definition) is 1. The third-order valence-corrected chi connectivity index (χ3v) is 6.91. The van der Waals surface area contributed by atoms with Crippen LogP contribution in [-0.4, -0.2) is 59.1 Å². The van der Waals surface area contributed by atoms with Crippen molar-refractivity contribution in [1.29, 1.82) is 0 Å². The molecule has 4 heterocycles. The van der Waals surface area contributed by atoms with Gasteiger partial charge in [-0.2, -0.15) is 10.1 Å². The molecule has 0 unspecified atom stereocenters. The van der Waals surface area contributed by atoms with Gasteiger partial charge in [0.25, 0.3) is 0 Å². The van der Waals surface area contributed by atoms with Crippen LogP contribution < -0.4 is 15.1 Å². The first-order valence-corrected chi connectivity index (χ1v) is 12.5. The van der Waals surface area contributed by atoms with Crippen LogP contribution in [0.1, 0.15) is 12.8 Å². The second kappa shape index (κ2) is 9.36. The zero-order valence-electron chi connectivity index (χ0n) is 19.7. The minimum atomic E-state index is 0.674. The molecular weight excluding hydrogens is 462 g/mol. The van der Waals surface area contributed by atoms with Crippen molar-refractivity contribution in [1.82, 2.24) is 19.7 Å². The molecule has 0 aliphatic carbocycles. The molecule has 0 bridgehead atoms. The van der Waals surface area contributed by atoms with Crippen LogP contribution in [-0.2, 0) is 11.8 Å². The summed E-state index contributed by atoms with van der Waals surface area (Å²) in [5.74, 6) is 2.51. The molecule has 0 spiro atoms. The van der Waals surface area contributed by atoms with Crippen molar-refractivity contribution in [2.75, 3.05) is 54.5 Å². The van der Waals surface area contributed by atoms with Gasteiger partial charge in [0.05, 0.1) is 24.4 Å². The lowest BCUT2D eigenvalue weighted by Gasteiger charge is -2.27. The molecule has 35 heavy (non-hydrogen) atoms. The van der Waals surface area contributed by atoms with Gasteiger partial charge in [-0.05, 0) is 49.2 Å². The molecule has 2 aromatic heterocycles. The van der Waals surface area contributed by atoms with Crippen LogP contribution in [0, 0.1) is 0 Å². The number of halogens is 1. The zero-order chi connectivity index (χ0) is 23.8. The summed E-state index contributed by atoms with van der Waals surface area (Å²) >= 11 is 6.07. The highest BCUT2D eigenvalue weighted by Crippen LogP contribution is 2.33. The maximum absolute atomic E-state index is 6.07. The van der Waals surface area contributed by atoms with Gasteiger partial charge in [0.2, 0.25) is 5.95 Å². The summed E-state index contributed by atoms with van der Waals surface area (Å²) in [6.45, 7) is 5.03. The van der Waals surface area contributed by atoms with E-state index < -0.39 is 0 Å². The van der Waals surface area contributed by atoms with Gasteiger partial charge >= 0.3 is 0 Å². The van der Waals surface area contributed by atoms with Crippen LogP contribution >= 0.6 is 11.6 Å². The fraction of sp³-hybridized carbons (Fsp3) is 0.346. The van der Waals surface area contributed by atoms with Gasteiger partial charge in [0.15, 0.2) is 5.82 Å². The molecule has 0 atom stereocenters. The first-order valence-electron chi connectivity index (χ1n) is 12.1. The number of nitrogens with one attached hydrogen (secondary N) is 1. The van der Waals surface area contributed by atoms with Gasteiger partial charge in [0, 0.05) is 61.0 Å². The van der Waals surface area contributed by atoms with Crippen LogP contribution in [0.15, 0.2) is 48.5 Å². The highest BCUT2D eigenvalue weighted by Gasteiger charge is 2.21. The van der Waals surface area contributed by atoms with Gasteiger partial charge in [-0.15, -0.1) is 0 Å². The molecule has 4 aromatic rings. The number of ether oxygens (including phenoxy) is 1. The molecule has 2 aromatic carbocycles. The number of aryl methyl sites for hydroxylation is 1. The molecule has 2 saturated heterocycles. The Morgan fingerprint density at radius 1 is 0.886 bits per heavy atom. The Kier molecular flexibility index (Phi) is 5.91. The number of nitrogens with zero attached hydrogens (tertiary/aromatic N) is 6. The lowest BCUT2D eigenvalue weighted by atomic mass is 10.1. The van der Waals surface area contributed by atoms with Gasteiger partial charge in [-0.1, -0.05) is 17.7 Å². The molecule has 8 nitrogen and oxygen atoms in total. The van der Waals surface area contributed by atoms with E-state index in [1.165, 1.54) is 18.2 Å². The predicted octanol–water partition coefficient (Wildman–Crippen LogP) is 4.86. The van der Waals surface area contributed by atoms with Crippen molar-refractivity contribution in [2.24, 2.45) is 7.05 Å². The zero-order valence-corrected chi connectivity index (χ0v) is 20.5. The predicted molar refractivity (Wildman–Crippen MR) is 141 cm³/mol. The summed E-state index contributed by atoms with van der Waals surface area (Å²) < 4.78 is 7.52. The van der Waals surface area contributed by atoms with Gasteiger partial charge in [0.1, 0.15) is 5.82 Å². The average molecular weight is 490 g/mol. The van der Waals surface area contributed by atoms with Crippen molar-refractivity contribution in [3.05, 3.63) is 53.6 Å². The molecule has 2 fully saturated rings. The minimum absolute atomic E-state index is 0.674. The normalized spacial score (nSPS) is 16.3.